The average molecular weight is 177 g/mol. The highest BCUT2D eigenvalue weighted by Gasteiger charge is 1.88. The molecule has 0 aliphatic heterocycles. The zero-order valence-corrected chi connectivity index (χ0v) is 6.01. The van der Waals surface area contributed by atoms with Crippen LogP contribution in [0, 0.1) is 0 Å². The lowest BCUT2D eigenvalue weighted by molar-refractivity contribution is 0.767. The van der Waals surface area contributed by atoms with E-state index in [1.165, 1.54) is 6.20 Å². The molecule has 1 aromatic rings. The number of nitrogens with zero attached hydrogens (tertiary/aromatic N) is 2. The summed E-state index contributed by atoms with van der Waals surface area (Å²) in [5, 5.41) is 2.37. The number of aryl methyl sites for hydroxylation is 1. The first-order valence-corrected chi connectivity index (χ1v) is 2.97. The summed E-state index contributed by atoms with van der Waals surface area (Å²) in [6.07, 6.45) is 3.13. The lowest BCUT2D eigenvalue weighted by Crippen LogP contribution is -1.84. The molecule has 1 heterocycles. The van der Waals surface area contributed by atoms with Crippen molar-refractivity contribution >= 4 is 15.9 Å². The van der Waals surface area contributed by atoms with Crippen LogP contribution < -0.4 is 0 Å². The van der Waals surface area contributed by atoms with E-state index in [9.17, 15) is 0 Å². The van der Waals surface area contributed by atoms with Crippen molar-refractivity contribution in [2.24, 2.45) is 7.05 Å². The zero-order chi connectivity index (χ0) is 7.78. The third-order valence-corrected chi connectivity index (χ3v) is 1.27. The van der Waals surface area contributed by atoms with Crippen molar-refractivity contribution in [2.45, 2.75) is 5.28 Å². The second-order valence-electron chi connectivity index (χ2n) is 1.50. The predicted octanol–water partition coefficient (Wildman–Crippen LogP) is 1.31. The van der Waals surface area contributed by atoms with Crippen LogP contribution in [0.2, 0.25) is 0 Å². The van der Waals surface area contributed by atoms with Crippen LogP contribution in [0.5, 0.6) is 0 Å². The molecular weight excluding hydrogens is 168 g/mol. The monoisotopic (exact) mass is 176 g/mol. The SMILES string of the molecule is [2H]C([2H])(Br)c1cnn(C)c1. The van der Waals surface area contributed by atoms with Crippen molar-refractivity contribution < 1.29 is 2.74 Å². The van der Waals surface area contributed by atoms with Crippen LogP contribution in [0.25, 0.3) is 0 Å². The van der Waals surface area contributed by atoms with Gasteiger partial charge in [0.25, 0.3) is 0 Å². The maximum atomic E-state index is 7.22. The maximum Gasteiger partial charge on any atom is 0.0530 e. The van der Waals surface area contributed by atoms with Gasteiger partial charge < -0.3 is 0 Å². The minimum Gasteiger partial charge on any atom is -0.276 e. The van der Waals surface area contributed by atoms with Crippen LogP contribution in [-0.2, 0) is 12.3 Å². The fraction of sp³-hybridized carbons (Fsp3) is 0.400. The van der Waals surface area contributed by atoms with Gasteiger partial charge in [-0.1, -0.05) is 15.9 Å². The molecule has 0 saturated heterocycles. The van der Waals surface area contributed by atoms with Crippen LogP contribution >= 0.6 is 15.9 Å². The van der Waals surface area contributed by atoms with Crippen LogP contribution in [0.3, 0.4) is 0 Å². The molecule has 0 saturated carbocycles. The number of aromatic nitrogens is 2. The van der Waals surface area contributed by atoms with Crippen LogP contribution in [0.1, 0.15) is 8.30 Å². The van der Waals surface area contributed by atoms with Gasteiger partial charge in [-0.3, -0.25) is 4.68 Å². The van der Waals surface area contributed by atoms with Gasteiger partial charge >= 0.3 is 0 Å². The summed E-state index contributed by atoms with van der Waals surface area (Å²) in [4.78, 5) is 0. The van der Waals surface area contributed by atoms with E-state index in [0.717, 1.165) is 0 Å². The Kier molecular flexibility index (Phi) is 1.06. The highest BCUT2D eigenvalue weighted by Crippen LogP contribution is 2.00. The Morgan fingerprint density at radius 1 is 2.12 bits per heavy atom. The highest BCUT2D eigenvalue weighted by atomic mass is 79.9. The van der Waals surface area contributed by atoms with Gasteiger partial charge in [-0.05, 0) is 0 Å². The molecule has 1 rings (SSSR count). The van der Waals surface area contributed by atoms with Gasteiger partial charge in [0.2, 0.25) is 0 Å². The second-order valence-corrected chi connectivity index (χ2v) is 1.89. The summed E-state index contributed by atoms with van der Waals surface area (Å²) < 4.78 is 16.0. The van der Waals surface area contributed by atoms with E-state index >= 15 is 0 Å². The minimum absolute atomic E-state index is 0.537. The van der Waals surface area contributed by atoms with Gasteiger partial charge in [-0.2, -0.15) is 5.10 Å². The van der Waals surface area contributed by atoms with E-state index in [0.29, 0.717) is 5.56 Å². The summed E-state index contributed by atoms with van der Waals surface area (Å²) in [5.74, 6) is 0. The summed E-state index contributed by atoms with van der Waals surface area (Å²) >= 11 is 2.88. The van der Waals surface area contributed by atoms with Crippen LogP contribution in [0.4, 0.5) is 0 Å². The average Bonchev–Trinajstić information content (AvgIpc) is 2.11. The number of hydrogen-bond donors (Lipinski definition) is 0. The van der Waals surface area contributed by atoms with Crippen molar-refractivity contribution in [1.29, 1.82) is 0 Å². The summed E-state index contributed by atoms with van der Waals surface area (Å²) in [5.41, 5.74) is 0.537. The quantitative estimate of drug-likeness (QED) is 0.591. The van der Waals surface area contributed by atoms with E-state index in [1.54, 1.807) is 17.9 Å². The van der Waals surface area contributed by atoms with Crippen molar-refractivity contribution in [3.8, 4) is 0 Å². The molecule has 0 radical (unpaired) electrons. The Hall–Kier alpha value is -0.310. The first-order valence-electron chi connectivity index (χ1n) is 3.18. The molecule has 0 amide bonds. The molecule has 0 atom stereocenters. The molecule has 0 aliphatic rings. The summed E-state index contributed by atoms with van der Waals surface area (Å²) in [6.45, 7) is 0. The normalized spacial score (nSPS) is 15.2. The molecule has 2 nitrogen and oxygen atoms in total. The van der Waals surface area contributed by atoms with Crippen LogP contribution in [0.15, 0.2) is 12.4 Å². The Bertz CT molecular complexity index is 228. The Morgan fingerprint density at radius 2 is 2.88 bits per heavy atom. The van der Waals surface area contributed by atoms with Crippen molar-refractivity contribution in [3.63, 3.8) is 0 Å². The Morgan fingerprint density at radius 3 is 3.12 bits per heavy atom. The molecule has 0 N–H and O–H groups in total. The molecule has 0 aliphatic carbocycles. The molecule has 0 aromatic carbocycles. The first kappa shape index (κ1) is 3.67. The van der Waals surface area contributed by atoms with Gasteiger partial charge in [0.1, 0.15) is 0 Å². The topological polar surface area (TPSA) is 17.8 Å². The molecule has 8 heavy (non-hydrogen) atoms. The number of halogens is 1. The van der Waals surface area contributed by atoms with Crippen molar-refractivity contribution in [1.82, 2.24) is 9.78 Å². The molecule has 0 spiro atoms. The lowest BCUT2D eigenvalue weighted by atomic mass is 10.4. The minimum atomic E-state index is -1.46. The first-order chi connectivity index (χ1) is 4.50. The predicted molar refractivity (Wildman–Crippen MR) is 35.8 cm³/mol. The van der Waals surface area contributed by atoms with Crippen molar-refractivity contribution in [2.75, 3.05) is 0 Å². The van der Waals surface area contributed by atoms with Gasteiger partial charge in [0.05, 0.1) is 6.20 Å². The van der Waals surface area contributed by atoms with E-state index in [-0.39, 0.29) is 0 Å². The fourth-order valence-electron chi connectivity index (χ4n) is 0.470. The highest BCUT2D eigenvalue weighted by molar-refractivity contribution is 9.08. The van der Waals surface area contributed by atoms with E-state index in [4.69, 9.17) is 2.74 Å². The third kappa shape index (κ3) is 1.10. The number of rotatable bonds is 1. The molecule has 0 unspecified atom stereocenters. The van der Waals surface area contributed by atoms with Crippen LogP contribution in [-0.4, -0.2) is 9.78 Å². The Labute approximate surface area is 59.4 Å². The van der Waals surface area contributed by atoms with Crippen molar-refractivity contribution in [3.05, 3.63) is 18.0 Å². The largest absolute Gasteiger partial charge is 0.276 e. The molecule has 0 bridgehead atoms. The second kappa shape index (κ2) is 2.31. The molecule has 44 valence electrons. The molecule has 3 heteroatoms. The summed E-state index contributed by atoms with van der Waals surface area (Å²) in [7, 11) is 1.75. The third-order valence-electron chi connectivity index (χ3n) is 0.814. The number of hydrogen-bond acceptors (Lipinski definition) is 1. The van der Waals surface area contributed by atoms with E-state index in [2.05, 4.69) is 21.0 Å². The zero-order valence-electron chi connectivity index (χ0n) is 6.43. The standard InChI is InChI=1S/C5H7BrN2/c1-8-4-5(2-6)3-7-8/h3-4H,2H2,1H3/i2D2. The van der Waals surface area contributed by atoms with Gasteiger partial charge in [0, 0.05) is 26.8 Å². The van der Waals surface area contributed by atoms with E-state index in [1.807, 2.05) is 0 Å². The summed E-state index contributed by atoms with van der Waals surface area (Å²) in [6, 6.07) is 0. The lowest BCUT2D eigenvalue weighted by Gasteiger charge is -1.80. The molecule has 1 aromatic heterocycles. The van der Waals surface area contributed by atoms with Gasteiger partial charge in [-0.15, -0.1) is 0 Å². The van der Waals surface area contributed by atoms with E-state index < -0.39 is 5.28 Å². The Balaban J connectivity index is 2.96. The smallest absolute Gasteiger partial charge is 0.0530 e. The fourth-order valence-corrected chi connectivity index (χ4v) is 0.675. The van der Waals surface area contributed by atoms with Gasteiger partial charge in [-0.25, -0.2) is 0 Å². The van der Waals surface area contributed by atoms with Gasteiger partial charge in [0.15, 0.2) is 0 Å². The molecule has 0 fully saturated rings. The maximum absolute atomic E-state index is 7.22. The molecular formula is C5H7BrN2. The number of alkyl halides is 1.